The zero-order chi connectivity index (χ0) is 22.8. The van der Waals surface area contributed by atoms with Gasteiger partial charge in [-0.05, 0) is 57.3 Å². The molecule has 1 fully saturated rings. The first-order valence-corrected chi connectivity index (χ1v) is 10.7. The average molecular weight is 479 g/mol. The van der Waals surface area contributed by atoms with E-state index in [1.54, 1.807) is 6.07 Å². The van der Waals surface area contributed by atoms with Crippen LogP contribution in [-0.2, 0) is 6.42 Å². The first-order chi connectivity index (χ1) is 15.3. The van der Waals surface area contributed by atoms with Crippen molar-refractivity contribution in [1.82, 2.24) is 30.3 Å². The van der Waals surface area contributed by atoms with Gasteiger partial charge in [-0.2, -0.15) is 9.78 Å². The highest BCUT2D eigenvalue weighted by Gasteiger charge is 2.18. The Kier molecular flexibility index (Phi) is 6.45. The average Bonchev–Trinajstić information content (AvgIpc) is 2.76. The van der Waals surface area contributed by atoms with Gasteiger partial charge in [0.15, 0.2) is 5.75 Å². The Hall–Kier alpha value is -2.95. The molecule has 0 radical (unpaired) electrons. The lowest BCUT2D eigenvalue weighted by Gasteiger charge is -2.22. The van der Waals surface area contributed by atoms with Crippen molar-refractivity contribution in [3.8, 4) is 17.3 Å². The fourth-order valence-electron chi connectivity index (χ4n) is 3.55. The molecule has 0 saturated carbocycles. The number of nitrogens with one attached hydrogen (secondary N) is 3. The second kappa shape index (κ2) is 9.27. The lowest BCUT2D eigenvalue weighted by atomic mass is 9.92. The summed E-state index contributed by atoms with van der Waals surface area (Å²) in [5, 5.41) is 13.8. The van der Waals surface area contributed by atoms with Crippen molar-refractivity contribution in [2.24, 2.45) is 5.92 Å². The number of halogens is 2. The Labute approximate surface area is 191 Å². The predicted molar refractivity (Wildman–Crippen MR) is 119 cm³/mol. The standard InChI is InChI=1S/C20H20Cl2N6O4/c1-10-18(29)24-20(31)28(27-10)13-8-14(21)17(15(22)9-13)32-16-7-12(19(30)26-25-16)6-11-2-4-23-5-3-11/h7-9,11,23H,2-6H2,1H3,(H,26,30)(H,24,29,31). The molecule has 0 atom stereocenters. The fourth-order valence-corrected chi connectivity index (χ4v) is 4.11. The highest BCUT2D eigenvalue weighted by molar-refractivity contribution is 6.37. The molecule has 2 aromatic heterocycles. The molecule has 1 aromatic carbocycles. The number of aromatic amines is 2. The van der Waals surface area contributed by atoms with Gasteiger partial charge in [0, 0.05) is 11.6 Å². The van der Waals surface area contributed by atoms with Crippen LogP contribution >= 0.6 is 23.2 Å². The summed E-state index contributed by atoms with van der Waals surface area (Å²) in [5.74, 6) is 0.657. The van der Waals surface area contributed by atoms with Gasteiger partial charge in [0.05, 0.1) is 15.7 Å². The van der Waals surface area contributed by atoms with Crippen LogP contribution in [0.3, 0.4) is 0 Å². The number of hydrogen-bond acceptors (Lipinski definition) is 7. The second-order valence-corrected chi connectivity index (χ2v) is 8.37. The molecule has 1 saturated heterocycles. The molecule has 0 unspecified atom stereocenters. The molecule has 32 heavy (non-hydrogen) atoms. The zero-order valence-electron chi connectivity index (χ0n) is 17.1. The number of hydrogen-bond donors (Lipinski definition) is 3. The normalized spacial score (nSPS) is 14.5. The molecule has 1 aliphatic rings. The molecule has 0 aliphatic carbocycles. The maximum absolute atomic E-state index is 12.2. The lowest BCUT2D eigenvalue weighted by Crippen LogP contribution is -2.32. The Morgan fingerprint density at radius 1 is 1.09 bits per heavy atom. The number of aryl methyl sites for hydroxylation is 1. The quantitative estimate of drug-likeness (QED) is 0.509. The Morgan fingerprint density at radius 2 is 1.78 bits per heavy atom. The molecule has 3 heterocycles. The molecule has 0 bridgehead atoms. The number of piperidine rings is 1. The largest absolute Gasteiger partial charge is 0.434 e. The van der Waals surface area contributed by atoms with Crippen LogP contribution in [0.1, 0.15) is 24.1 Å². The Bertz CT molecular complexity index is 1300. The third kappa shape index (κ3) is 4.77. The second-order valence-electron chi connectivity index (χ2n) is 7.56. The monoisotopic (exact) mass is 478 g/mol. The van der Waals surface area contributed by atoms with Gasteiger partial charge < -0.3 is 10.1 Å². The molecule has 3 N–H and O–H groups in total. The van der Waals surface area contributed by atoms with Crippen molar-refractivity contribution in [1.29, 1.82) is 0 Å². The van der Waals surface area contributed by atoms with Crippen molar-refractivity contribution in [3.05, 3.63) is 70.7 Å². The van der Waals surface area contributed by atoms with Gasteiger partial charge in [-0.25, -0.2) is 9.89 Å². The van der Waals surface area contributed by atoms with Crippen LogP contribution in [0, 0.1) is 12.8 Å². The van der Waals surface area contributed by atoms with Crippen LogP contribution < -0.4 is 26.9 Å². The molecule has 3 aromatic rings. The van der Waals surface area contributed by atoms with E-state index in [1.807, 2.05) is 0 Å². The number of rotatable bonds is 5. The van der Waals surface area contributed by atoms with E-state index in [4.69, 9.17) is 27.9 Å². The molecule has 0 spiro atoms. The van der Waals surface area contributed by atoms with E-state index in [1.165, 1.54) is 19.1 Å². The first kappa shape index (κ1) is 22.3. The molecular formula is C20H20Cl2N6O4. The van der Waals surface area contributed by atoms with Crippen LogP contribution in [0.5, 0.6) is 11.6 Å². The third-order valence-electron chi connectivity index (χ3n) is 5.25. The topological polar surface area (TPSA) is 135 Å². The van der Waals surface area contributed by atoms with E-state index in [9.17, 15) is 14.4 Å². The van der Waals surface area contributed by atoms with Crippen LogP contribution in [0.25, 0.3) is 5.69 Å². The maximum Gasteiger partial charge on any atom is 0.349 e. The van der Waals surface area contributed by atoms with E-state index in [0.717, 1.165) is 30.6 Å². The summed E-state index contributed by atoms with van der Waals surface area (Å²) in [6.45, 7) is 3.33. The summed E-state index contributed by atoms with van der Waals surface area (Å²) in [7, 11) is 0. The molecule has 168 valence electrons. The van der Waals surface area contributed by atoms with Gasteiger partial charge in [-0.3, -0.25) is 14.6 Å². The van der Waals surface area contributed by atoms with E-state index in [2.05, 4.69) is 25.6 Å². The Balaban J connectivity index is 1.62. The van der Waals surface area contributed by atoms with Crippen molar-refractivity contribution < 1.29 is 4.74 Å². The number of H-pyrrole nitrogens is 2. The minimum atomic E-state index is -0.730. The summed E-state index contributed by atoms with van der Waals surface area (Å²) < 4.78 is 6.75. The van der Waals surface area contributed by atoms with Crippen molar-refractivity contribution in [3.63, 3.8) is 0 Å². The highest BCUT2D eigenvalue weighted by atomic mass is 35.5. The highest BCUT2D eigenvalue weighted by Crippen LogP contribution is 2.37. The lowest BCUT2D eigenvalue weighted by molar-refractivity contribution is 0.370. The van der Waals surface area contributed by atoms with E-state index in [-0.39, 0.29) is 38.6 Å². The SMILES string of the molecule is Cc1nn(-c2cc(Cl)c(Oc3cc(CC4CCNCC4)c(=O)[nH]n3)c(Cl)c2)c(=O)[nH]c1=O. The van der Waals surface area contributed by atoms with Crippen molar-refractivity contribution in [2.45, 2.75) is 26.2 Å². The zero-order valence-corrected chi connectivity index (χ0v) is 18.6. The van der Waals surface area contributed by atoms with E-state index in [0.29, 0.717) is 17.9 Å². The molecular weight excluding hydrogens is 459 g/mol. The smallest absolute Gasteiger partial charge is 0.349 e. The van der Waals surface area contributed by atoms with Gasteiger partial charge in [-0.15, -0.1) is 5.10 Å². The van der Waals surface area contributed by atoms with Crippen LogP contribution in [0.15, 0.2) is 32.6 Å². The number of nitrogens with zero attached hydrogens (tertiary/aromatic N) is 3. The minimum absolute atomic E-state index is 0.0953. The van der Waals surface area contributed by atoms with Gasteiger partial charge in [0.25, 0.3) is 11.1 Å². The fraction of sp³-hybridized carbons (Fsp3) is 0.350. The number of benzene rings is 1. The summed E-state index contributed by atoms with van der Waals surface area (Å²) in [5.41, 5.74) is -0.639. The molecule has 12 heteroatoms. The molecule has 1 aliphatic heterocycles. The van der Waals surface area contributed by atoms with E-state index >= 15 is 0 Å². The first-order valence-electron chi connectivity index (χ1n) is 9.98. The number of aromatic nitrogens is 5. The van der Waals surface area contributed by atoms with Gasteiger partial charge in [0.2, 0.25) is 5.88 Å². The molecule has 10 nitrogen and oxygen atoms in total. The molecule has 0 amide bonds. The van der Waals surface area contributed by atoms with Gasteiger partial charge in [0.1, 0.15) is 5.69 Å². The molecule has 4 rings (SSSR count). The van der Waals surface area contributed by atoms with Crippen molar-refractivity contribution in [2.75, 3.05) is 13.1 Å². The van der Waals surface area contributed by atoms with E-state index < -0.39 is 11.2 Å². The predicted octanol–water partition coefficient (Wildman–Crippen LogP) is 1.95. The van der Waals surface area contributed by atoms with Crippen molar-refractivity contribution >= 4 is 23.2 Å². The van der Waals surface area contributed by atoms with Gasteiger partial charge >= 0.3 is 5.69 Å². The van der Waals surface area contributed by atoms with Gasteiger partial charge in [-0.1, -0.05) is 23.2 Å². The summed E-state index contributed by atoms with van der Waals surface area (Å²) >= 11 is 12.7. The van der Waals surface area contributed by atoms with Crippen LogP contribution in [0.2, 0.25) is 10.0 Å². The summed E-state index contributed by atoms with van der Waals surface area (Å²) in [6.07, 6.45) is 2.61. The third-order valence-corrected chi connectivity index (χ3v) is 5.81. The minimum Gasteiger partial charge on any atom is -0.434 e. The maximum atomic E-state index is 12.2. The van der Waals surface area contributed by atoms with Crippen LogP contribution in [0.4, 0.5) is 0 Å². The summed E-state index contributed by atoms with van der Waals surface area (Å²) in [6, 6.07) is 4.44. The number of ether oxygens (including phenoxy) is 1. The van der Waals surface area contributed by atoms with Crippen LogP contribution in [-0.4, -0.2) is 38.1 Å². The Morgan fingerprint density at radius 3 is 2.47 bits per heavy atom. The summed E-state index contributed by atoms with van der Waals surface area (Å²) in [4.78, 5) is 38.0.